The topological polar surface area (TPSA) is 70.6 Å². The fraction of sp³-hybridized carbons (Fsp3) is 0.462. The number of aliphatic hydroxyl groups excluding tert-OH is 1. The molecule has 18 heavy (non-hydrogen) atoms. The van der Waals surface area contributed by atoms with E-state index in [2.05, 4.69) is 10.6 Å². The van der Waals surface area contributed by atoms with E-state index in [1.54, 1.807) is 6.92 Å². The van der Waals surface area contributed by atoms with Gasteiger partial charge in [0.25, 0.3) is 0 Å². The van der Waals surface area contributed by atoms with Crippen LogP contribution in [0.15, 0.2) is 24.3 Å². The Balaban J connectivity index is 2.32. The van der Waals surface area contributed by atoms with E-state index in [0.717, 1.165) is 11.3 Å². The summed E-state index contributed by atoms with van der Waals surface area (Å²) in [6.45, 7) is 4.88. The third-order valence-corrected chi connectivity index (χ3v) is 2.25. The van der Waals surface area contributed by atoms with Crippen LogP contribution in [-0.2, 0) is 6.54 Å². The van der Waals surface area contributed by atoms with Crippen LogP contribution in [0.1, 0.15) is 19.4 Å². The minimum absolute atomic E-state index is 0.245. The van der Waals surface area contributed by atoms with Crippen molar-refractivity contribution >= 4 is 6.03 Å². The second-order valence-electron chi connectivity index (χ2n) is 3.99. The molecule has 0 saturated heterocycles. The van der Waals surface area contributed by atoms with Crippen molar-refractivity contribution in [3.8, 4) is 5.75 Å². The zero-order chi connectivity index (χ0) is 13.4. The predicted octanol–water partition coefficient (Wildman–Crippen LogP) is 1.27. The van der Waals surface area contributed by atoms with Crippen LogP contribution in [0.5, 0.6) is 5.75 Å². The lowest BCUT2D eigenvalue weighted by molar-refractivity contribution is 0.187. The molecular weight excluding hydrogens is 232 g/mol. The van der Waals surface area contributed by atoms with E-state index >= 15 is 0 Å². The highest BCUT2D eigenvalue weighted by molar-refractivity contribution is 5.73. The van der Waals surface area contributed by atoms with Crippen molar-refractivity contribution < 1.29 is 14.6 Å². The summed E-state index contributed by atoms with van der Waals surface area (Å²) in [5.41, 5.74) is 0.991. The maximum atomic E-state index is 11.3. The molecule has 0 aliphatic rings. The van der Waals surface area contributed by atoms with Gasteiger partial charge < -0.3 is 20.5 Å². The molecule has 2 amide bonds. The lowest BCUT2D eigenvalue weighted by Crippen LogP contribution is -2.38. The molecule has 1 aromatic rings. The minimum Gasteiger partial charge on any atom is -0.494 e. The van der Waals surface area contributed by atoms with Gasteiger partial charge in [-0.3, -0.25) is 0 Å². The number of amides is 2. The number of nitrogens with one attached hydrogen (secondary N) is 2. The zero-order valence-corrected chi connectivity index (χ0v) is 10.8. The fourth-order valence-corrected chi connectivity index (χ4v) is 1.36. The number of urea groups is 1. The van der Waals surface area contributed by atoms with Crippen molar-refractivity contribution in [1.82, 2.24) is 10.6 Å². The average Bonchev–Trinajstić information content (AvgIpc) is 2.36. The number of hydrogen-bond donors (Lipinski definition) is 3. The number of hydrogen-bond acceptors (Lipinski definition) is 3. The van der Waals surface area contributed by atoms with E-state index in [-0.39, 0.29) is 12.6 Å². The Hall–Kier alpha value is -1.75. The molecule has 3 N–H and O–H groups in total. The normalized spacial score (nSPS) is 11.7. The molecule has 0 aliphatic carbocycles. The number of carbonyl (C=O) groups excluding carboxylic acids is 1. The molecule has 1 rings (SSSR count). The van der Waals surface area contributed by atoms with Crippen molar-refractivity contribution in [2.45, 2.75) is 26.5 Å². The first-order valence-electron chi connectivity index (χ1n) is 6.03. The van der Waals surface area contributed by atoms with Gasteiger partial charge in [0.15, 0.2) is 0 Å². The third-order valence-electron chi connectivity index (χ3n) is 2.25. The Morgan fingerprint density at radius 2 is 2.00 bits per heavy atom. The Kier molecular flexibility index (Phi) is 6.00. The van der Waals surface area contributed by atoms with Crippen LogP contribution in [0.2, 0.25) is 0 Å². The smallest absolute Gasteiger partial charge is 0.315 e. The molecule has 5 nitrogen and oxygen atoms in total. The quantitative estimate of drug-likeness (QED) is 0.714. The summed E-state index contributed by atoms with van der Waals surface area (Å²) >= 11 is 0. The van der Waals surface area contributed by atoms with Crippen LogP contribution in [-0.4, -0.2) is 30.4 Å². The summed E-state index contributed by atoms with van der Waals surface area (Å²) in [6, 6.07) is 7.26. The number of ether oxygens (including phenoxy) is 1. The summed E-state index contributed by atoms with van der Waals surface area (Å²) < 4.78 is 5.32. The molecule has 0 heterocycles. The molecule has 0 fully saturated rings. The van der Waals surface area contributed by atoms with E-state index in [1.165, 1.54) is 0 Å². The maximum Gasteiger partial charge on any atom is 0.315 e. The molecule has 0 bridgehead atoms. The van der Waals surface area contributed by atoms with Crippen LogP contribution in [0.25, 0.3) is 0 Å². The Morgan fingerprint density at radius 3 is 2.56 bits per heavy atom. The summed E-state index contributed by atoms with van der Waals surface area (Å²) in [7, 11) is 0. The largest absolute Gasteiger partial charge is 0.494 e. The average molecular weight is 252 g/mol. The molecule has 5 heteroatoms. The van der Waals surface area contributed by atoms with E-state index in [9.17, 15) is 4.79 Å². The molecule has 0 aliphatic heterocycles. The monoisotopic (exact) mass is 252 g/mol. The lowest BCUT2D eigenvalue weighted by atomic mass is 10.2. The van der Waals surface area contributed by atoms with E-state index in [0.29, 0.717) is 13.2 Å². The molecule has 1 atom stereocenters. The standard InChI is InChI=1S/C13H20N2O3/c1-3-18-12-6-4-11(5-7-12)9-15-13(17)14-8-10(2)16/h4-7,10,16H,3,8-9H2,1-2H3,(H2,14,15,17). The molecule has 0 spiro atoms. The molecule has 0 radical (unpaired) electrons. The second-order valence-corrected chi connectivity index (χ2v) is 3.99. The minimum atomic E-state index is -0.541. The van der Waals surface area contributed by atoms with Crippen LogP contribution < -0.4 is 15.4 Å². The zero-order valence-electron chi connectivity index (χ0n) is 10.8. The fourth-order valence-electron chi connectivity index (χ4n) is 1.36. The first kappa shape index (κ1) is 14.3. The van der Waals surface area contributed by atoms with Crippen LogP contribution in [0.4, 0.5) is 4.79 Å². The third kappa shape index (κ3) is 5.54. The Bertz CT molecular complexity index is 363. The Labute approximate surface area is 107 Å². The molecule has 0 aromatic heterocycles. The lowest BCUT2D eigenvalue weighted by Gasteiger charge is -2.09. The number of aliphatic hydroxyl groups is 1. The second kappa shape index (κ2) is 7.55. The van der Waals surface area contributed by atoms with Gasteiger partial charge in [-0.05, 0) is 31.5 Å². The van der Waals surface area contributed by atoms with Gasteiger partial charge in [0.2, 0.25) is 0 Å². The highest BCUT2D eigenvalue weighted by Crippen LogP contribution is 2.11. The van der Waals surface area contributed by atoms with E-state index in [4.69, 9.17) is 9.84 Å². The maximum absolute atomic E-state index is 11.3. The van der Waals surface area contributed by atoms with E-state index in [1.807, 2.05) is 31.2 Å². The molecule has 100 valence electrons. The summed E-state index contributed by atoms with van der Waals surface area (Å²) in [6.07, 6.45) is -0.541. The predicted molar refractivity (Wildman–Crippen MR) is 69.5 cm³/mol. The number of carbonyl (C=O) groups is 1. The summed E-state index contributed by atoms with van der Waals surface area (Å²) in [5, 5.41) is 14.3. The first-order chi connectivity index (χ1) is 8.61. The highest BCUT2D eigenvalue weighted by atomic mass is 16.5. The SMILES string of the molecule is CCOc1ccc(CNC(=O)NCC(C)O)cc1. The molecule has 0 saturated carbocycles. The van der Waals surface area contributed by atoms with Gasteiger partial charge in [-0.25, -0.2) is 4.79 Å². The van der Waals surface area contributed by atoms with Crippen molar-refractivity contribution in [2.75, 3.05) is 13.2 Å². The van der Waals surface area contributed by atoms with Gasteiger partial charge in [0, 0.05) is 13.1 Å². The van der Waals surface area contributed by atoms with Crippen LogP contribution in [0.3, 0.4) is 0 Å². The van der Waals surface area contributed by atoms with Gasteiger partial charge in [-0.2, -0.15) is 0 Å². The van der Waals surface area contributed by atoms with Gasteiger partial charge in [-0.15, -0.1) is 0 Å². The molecule has 1 aromatic carbocycles. The van der Waals surface area contributed by atoms with Gasteiger partial charge >= 0.3 is 6.03 Å². The Morgan fingerprint density at radius 1 is 1.33 bits per heavy atom. The van der Waals surface area contributed by atoms with Gasteiger partial charge in [0.05, 0.1) is 12.7 Å². The first-order valence-corrected chi connectivity index (χ1v) is 6.03. The van der Waals surface area contributed by atoms with E-state index < -0.39 is 6.10 Å². The summed E-state index contributed by atoms with van der Waals surface area (Å²) in [4.78, 5) is 11.3. The van der Waals surface area contributed by atoms with Crippen molar-refractivity contribution in [1.29, 1.82) is 0 Å². The number of benzene rings is 1. The van der Waals surface area contributed by atoms with Gasteiger partial charge in [-0.1, -0.05) is 12.1 Å². The molecular formula is C13H20N2O3. The van der Waals surface area contributed by atoms with Crippen molar-refractivity contribution in [3.63, 3.8) is 0 Å². The number of rotatable bonds is 6. The van der Waals surface area contributed by atoms with Crippen molar-refractivity contribution in [3.05, 3.63) is 29.8 Å². The molecule has 1 unspecified atom stereocenters. The van der Waals surface area contributed by atoms with Crippen LogP contribution >= 0.6 is 0 Å². The highest BCUT2D eigenvalue weighted by Gasteiger charge is 2.02. The van der Waals surface area contributed by atoms with Crippen molar-refractivity contribution in [2.24, 2.45) is 0 Å². The van der Waals surface area contributed by atoms with Gasteiger partial charge in [0.1, 0.15) is 5.75 Å². The van der Waals surface area contributed by atoms with Crippen LogP contribution in [0, 0.1) is 0 Å². The summed E-state index contributed by atoms with van der Waals surface area (Å²) in [5.74, 6) is 0.819.